The minimum Gasteiger partial charge on any atom is -0.497 e. The number of nitrogens with zero attached hydrogens (tertiary/aromatic N) is 4. The molecule has 2 aromatic rings. The molecule has 0 atom stereocenters. The van der Waals surface area contributed by atoms with Gasteiger partial charge in [-0.2, -0.15) is 0 Å². The molecule has 24 heavy (non-hydrogen) atoms. The van der Waals surface area contributed by atoms with E-state index in [9.17, 15) is 0 Å². The van der Waals surface area contributed by atoms with Gasteiger partial charge in [-0.25, -0.2) is 15.0 Å². The maximum Gasteiger partial charge on any atom is 0.153 e. The molecule has 2 aliphatic heterocycles. The summed E-state index contributed by atoms with van der Waals surface area (Å²) in [5, 5.41) is 8.22. The van der Waals surface area contributed by atoms with Gasteiger partial charge in [0.25, 0.3) is 0 Å². The van der Waals surface area contributed by atoms with Gasteiger partial charge in [0.2, 0.25) is 0 Å². The van der Waals surface area contributed by atoms with Crippen molar-refractivity contribution in [1.82, 2.24) is 15.0 Å². The Morgan fingerprint density at radius 2 is 1.92 bits per heavy atom. The summed E-state index contributed by atoms with van der Waals surface area (Å²) in [6, 6.07) is 8.11. The van der Waals surface area contributed by atoms with E-state index in [0.717, 1.165) is 43.6 Å². The van der Waals surface area contributed by atoms with Crippen molar-refractivity contribution in [3.63, 3.8) is 0 Å². The van der Waals surface area contributed by atoms with Gasteiger partial charge >= 0.3 is 0 Å². The number of methoxy groups -OCH3 is 1. The highest BCUT2D eigenvalue weighted by Crippen LogP contribution is 2.34. The quantitative estimate of drug-likeness (QED) is 0.933. The molecule has 0 amide bonds. The Hall–Kier alpha value is -2.34. The molecule has 0 aliphatic carbocycles. The van der Waals surface area contributed by atoms with E-state index in [0.29, 0.717) is 0 Å². The van der Waals surface area contributed by atoms with Gasteiger partial charge in [-0.05, 0) is 30.5 Å². The van der Waals surface area contributed by atoms with Crippen molar-refractivity contribution in [2.24, 2.45) is 0 Å². The summed E-state index contributed by atoms with van der Waals surface area (Å²) in [7, 11) is 1.68. The molecule has 6 heteroatoms. The summed E-state index contributed by atoms with van der Waals surface area (Å²) < 4.78 is 5.20. The van der Waals surface area contributed by atoms with Crippen molar-refractivity contribution in [2.75, 3.05) is 30.5 Å². The maximum absolute atomic E-state index is 5.20. The van der Waals surface area contributed by atoms with Gasteiger partial charge in [0.15, 0.2) is 5.82 Å². The van der Waals surface area contributed by atoms with E-state index in [4.69, 9.17) is 4.74 Å². The predicted molar refractivity (Wildman–Crippen MR) is 94.0 cm³/mol. The number of benzene rings is 1. The molecule has 4 rings (SSSR count). The Morgan fingerprint density at radius 3 is 2.75 bits per heavy atom. The lowest BCUT2D eigenvalue weighted by molar-refractivity contribution is 0.275. The highest BCUT2D eigenvalue weighted by atomic mass is 16.5. The van der Waals surface area contributed by atoms with Crippen molar-refractivity contribution in [1.29, 1.82) is 0 Å². The predicted octanol–water partition coefficient (Wildman–Crippen LogP) is 2.82. The van der Waals surface area contributed by atoms with Crippen molar-refractivity contribution in [3.8, 4) is 5.75 Å². The van der Waals surface area contributed by atoms with Crippen molar-refractivity contribution < 1.29 is 4.74 Å². The number of ether oxygens (including phenoxy) is 1. The minimum absolute atomic E-state index is 0.743. The smallest absolute Gasteiger partial charge is 0.153 e. The summed E-state index contributed by atoms with van der Waals surface area (Å²) in [6.45, 7) is 3.81. The van der Waals surface area contributed by atoms with Gasteiger partial charge in [0.05, 0.1) is 19.2 Å². The average molecular weight is 325 g/mol. The number of hydrazine groups is 1. The van der Waals surface area contributed by atoms with E-state index in [1.54, 1.807) is 13.4 Å². The van der Waals surface area contributed by atoms with Crippen molar-refractivity contribution in [2.45, 2.75) is 32.4 Å². The monoisotopic (exact) mass is 325 g/mol. The Balaban J connectivity index is 1.51. The third-order valence-corrected chi connectivity index (χ3v) is 4.75. The highest BCUT2D eigenvalue weighted by Gasteiger charge is 2.31. The van der Waals surface area contributed by atoms with Crippen LogP contribution >= 0.6 is 0 Å². The Bertz CT molecular complexity index is 703. The zero-order valence-electron chi connectivity index (χ0n) is 14.0. The maximum atomic E-state index is 5.20. The third-order valence-electron chi connectivity index (χ3n) is 4.75. The Morgan fingerprint density at radius 1 is 1.08 bits per heavy atom. The molecule has 1 fully saturated rings. The largest absolute Gasteiger partial charge is 0.497 e. The molecule has 1 saturated heterocycles. The summed E-state index contributed by atoms with van der Waals surface area (Å²) in [6.07, 6.45) is 5.46. The number of hydrogen-bond donors (Lipinski definition) is 1. The van der Waals surface area contributed by atoms with E-state index in [1.807, 2.05) is 12.1 Å². The van der Waals surface area contributed by atoms with Crippen LogP contribution in [0.5, 0.6) is 5.75 Å². The van der Waals surface area contributed by atoms with Crippen LogP contribution in [0.2, 0.25) is 0 Å². The fourth-order valence-electron chi connectivity index (χ4n) is 3.43. The van der Waals surface area contributed by atoms with Crippen molar-refractivity contribution in [3.05, 3.63) is 41.7 Å². The molecule has 0 radical (unpaired) electrons. The third kappa shape index (κ3) is 2.89. The molecule has 1 N–H and O–H groups in total. The van der Waals surface area contributed by atoms with E-state index >= 15 is 0 Å². The SMILES string of the molecule is COc1ccc(CNc2ncnc3c2CN2CCCCCN32)cc1. The number of rotatable bonds is 4. The first-order valence-electron chi connectivity index (χ1n) is 8.58. The van der Waals surface area contributed by atoms with Crippen LogP contribution < -0.4 is 15.1 Å². The molecule has 6 nitrogen and oxygen atoms in total. The molecule has 0 unspecified atom stereocenters. The van der Waals surface area contributed by atoms with Crippen LogP contribution in [-0.2, 0) is 13.1 Å². The molecule has 126 valence electrons. The summed E-state index contributed by atoms with van der Waals surface area (Å²) in [5.41, 5.74) is 2.42. The molecule has 0 saturated carbocycles. The Labute approximate surface area is 142 Å². The summed E-state index contributed by atoms with van der Waals surface area (Å²) >= 11 is 0. The number of hydrogen-bond acceptors (Lipinski definition) is 6. The van der Waals surface area contributed by atoms with Gasteiger partial charge in [-0.1, -0.05) is 18.6 Å². The second kappa shape index (κ2) is 6.65. The average Bonchev–Trinajstić information content (AvgIpc) is 2.82. The van der Waals surface area contributed by atoms with Crippen LogP contribution in [-0.4, -0.2) is 35.2 Å². The van der Waals surface area contributed by atoms with Crippen LogP contribution in [0.25, 0.3) is 0 Å². The van der Waals surface area contributed by atoms with Crippen LogP contribution in [0, 0.1) is 0 Å². The lowest BCUT2D eigenvalue weighted by Gasteiger charge is -2.26. The van der Waals surface area contributed by atoms with E-state index < -0.39 is 0 Å². The molecule has 3 heterocycles. The lowest BCUT2D eigenvalue weighted by Crippen LogP contribution is -2.37. The first kappa shape index (κ1) is 15.2. The number of aromatic nitrogens is 2. The zero-order chi connectivity index (χ0) is 16.4. The lowest BCUT2D eigenvalue weighted by atomic mass is 10.2. The van der Waals surface area contributed by atoms with E-state index in [1.165, 1.54) is 30.4 Å². The normalized spacial score (nSPS) is 17.1. The standard InChI is InChI=1S/C18H23N5O/c1-24-15-7-5-14(6-8-15)11-19-17-16-12-22-9-3-2-4-10-23(22)18(16)21-13-20-17/h5-8,13H,2-4,9-12H2,1H3,(H,19,20,21). The molecule has 0 spiro atoms. The van der Waals surface area contributed by atoms with Gasteiger partial charge in [-0.3, -0.25) is 5.01 Å². The van der Waals surface area contributed by atoms with Crippen molar-refractivity contribution >= 4 is 11.6 Å². The van der Waals surface area contributed by atoms with Gasteiger partial charge in [0, 0.05) is 19.6 Å². The summed E-state index contributed by atoms with van der Waals surface area (Å²) in [5.74, 6) is 2.90. The minimum atomic E-state index is 0.743. The first-order valence-corrected chi connectivity index (χ1v) is 8.58. The van der Waals surface area contributed by atoms with E-state index in [2.05, 4.69) is 37.4 Å². The zero-order valence-corrected chi connectivity index (χ0v) is 14.0. The molecular formula is C18H23N5O. The molecule has 1 aromatic carbocycles. The molecule has 2 aliphatic rings. The van der Waals surface area contributed by atoms with Gasteiger partial charge in [0.1, 0.15) is 17.9 Å². The molecule has 1 aromatic heterocycles. The number of anilines is 2. The highest BCUT2D eigenvalue weighted by molar-refractivity contribution is 5.61. The summed E-state index contributed by atoms with van der Waals surface area (Å²) in [4.78, 5) is 9.02. The van der Waals surface area contributed by atoms with Crippen LogP contribution in [0.15, 0.2) is 30.6 Å². The van der Waals surface area contributed by atoms with Gasteiger partial charge < -0.3 is 10.1 Å². The fourth-order valence-corrected chi connectivity index (χ4v) is 3.43. The Kier molecular flexibility index (Phi) is 4.21. The van der Waals surface area contributed by atoms with Crippen LogP contribution in [0.4, 0.5) is 11.6 Å². The van der Waals surface area contributed by atoms with Crippen LogP contribution in [0.3, 0.4) is 0 Å². The second-order valence-electron chi connectivity index (χ2n) is 6.30. The first-order chi connectivity index (χ1) is 11.8. The second-order valence-corrected chi connectivity index (χ2v) is 6.30. The number of nitrogens with one attached hydrogen (secondary N) is 1. The fraction of sp³-hybridized carbons (Fsp3) is 0.444. The molecule has 0 bridgehead atoms. The number of fused-ring (bicyclic) bond motifs is 3. The topological polar surface area (TPSA) is 53.5 Å². The van der Waals surface area contributed by atoms with Crippen LogP contribution in [0.1, 0.15) is 30.4 Å². The van der Waals surface area contributed by atoms with E-state index in [-0.39, 0.29) is 0 Å². The van der Waals surface area contributed by atoms with Gasteiger partial charge in [-0.15, -0.1) is 0 Å². The molecular weight excluding hydrogens is 302 g/mol.